The Hall–Kier alpha value is -3.68. The second kappa shape index (κ2) is 10.6. The number of aryl methyl sites for hydroxylation is 2. The highest BCUT2D eigenvalue weighted by Gasteiger charge is 2.19. The maximum absolute atomic E-state index is 12.2. The number of benzene rings is 1. The van der Waals surface area contributed by atoms with Gasteiger partial charge in [0, 0.05) is 11.8 Å². The maximum atomic E-state index is 12.2. The Morgan fingerprint density at radius 2 is 1.66 bits per heavy atom. The van der Waals surface area contributed by atoms with E-state index in [9.17, 15) is 4.79 Å². The quantitative estimate of drug-likeness (QED) is 0.457. The van der Waals surface area contributed by atoms with Crippen molar-refractivity contribution in [1.82, 2.24) is 15.0 Å². The fourth-order valence-corrected chi connectivity index (χ4v) is 3.14. The Morgan fingerprint density at radius 1 is 0.969 bits per heavy atom. The summed E-state index contributed by atoms with van der Waals surface area (Å²) in [6, 6.07) is 9.40. The number of hydrogen-bond donors (Lipinski definition) is 0. The number of carbonyl (C=O) groups is 1. The van der Waals surface area contributed by atoms with Gasteiger partial charge >= 0.3 is 5.97 Å². The van der Waals surface area contributed by atoms with Gasteiger partial charge in [-0.2, -0.15) is 0 Å². The maximum Gasteiger partial charge on any atom is 0.341 e. The lowest BCUT2D eigenvalue weighted by Gasteiger charge is -2.13. The molecular weight excluding hydrogens is 410 g/mol. The molecule has 0 radical (unpaired) electrons. The van der Waals surface area contributed by atoms with Gasteiger partial charge in [0.2, 0.25) is 0 Å². The molecule has 2 heterocycles. The van der Waals surface area contributed by atoms with Gasteiger partial charge in [0.05, 0.1) is 31.7 Å². The van der Waals surface area contributed by atoms with Crippen LogP contribution in [0.5, 0.6) is 17.4 Å². The minimum atomic E-state index is -0.426. The van der Waals surface area contributed by atoms with Gasteiger partial charge in [-0.05, 0) is 51.5 Å². The van der Waals surface area contributed by atoms with E-state index in [1.807, 2.05) is 31.2 Å². The van der Waals surface area contributed by atoms with Gasteiger partial charge < -0.3 is 18.9 Å². The minimum Gasteiger partial charge on any atom is -0.497 e. The Morgan fingerprint density at radius 3 is 2.25 bits per heavy atom. The lowest BCUT2D eigenvalue weighted by atomic mass is 10.1. The molecule has 0 bridgehead atoms. The zero-order valence-electron chi connectivity index (χ0n) is 19.0. The number of pyridine rings is 1. The topological polar surface area (TPSA) is 92.7 Å². The second-order valence-electron chi connectivity index (χ2n) is 6.91. The molecule has 0 saturated heterocycles. The molecule has 8 nitrogen and oxygen atoms in total. The summed E-state index contributed by atoms with van der Waals surface area (Å²) in [4.78, 5) is 25.6. The van der Waals surface area contributed by atoms with E-state index in [1.54, 1.807) is 40.1 Å². The molecule has 0 N–H and O–H groups in total. The molecule has 0 atom stereocenters. The summed E-state index contributed by atoms with van der Waals surface area (Å²) in [6.45, 7) is 8.24. The van der Waals surface area contributed by atoms with Gasteiger partial charge in [0.25, 0.3) is 5.88 Å². The molecule has 0 saturated carbocycles. The first-order chi connectivity index (χ1) is 15.5. The van der Waals surface area contributed by atoms with Crippen LogP contribution in [-0.2, 0) is 11.3 Å². The fourth-order valence-electron chi connectivity index (χ4n) is 3.14. The molecule has 2 aromatic heterocycles. The van der Waals surface area contributed by atoms with Crippen molar-refractivity contribution in [1.29, 1.82) is 0 Å². The molecule has 0 aliphatic rings. The molecule has 0 fully saturated rings. The summed E-state index contributed by atoms with van der Waals surface area (Å²) in [5.74, 6) is 1.67. The molecule has 8 heteroatoms. The van der Waals surface area contributed by atoms with Crippen LogP contribution in [-0.4, -0.2) is 41.2 Å². The molecule has 1 aromatic carbocycles. The van der Waals surface area contributed by atoms with E-state index >= 15 is 0 Å². The van der Waals surface area contributed by atoms with Crippen LogP contribution in [0.2, 0.25) is 0 Å². The standard InChI is InChI=1S/C24H27N3O5/c1-6-30-20-12-18(22-26-15(3)21(16(4)27-22)24(28)31-7-2)13-25-23(20)32-14-17-8-10-19(29-5)11-9-17/h8-13H,6-7,14H2,1-5H3. The molecule has 32 heavy (non-hydrogen) atoms. The first-order valence-corrected chi connectivity index (χ1v) is 10.4. The molecule has 3 aromatic rings. The number of aromatic nitrogens is 3. The zero-order chi connectivity index (χ0) is 23.1. The van der Waals surface area contributed by atoms with E-state index in [1.165, 1.54) is 0 Å². The van der Waals surface area contributed by atoms with Crippen molar-refractivity contribution in [3.63, 3.8) is 0 Å². The summed E-state index contributed by atoms with van der Waals surface area (Å²) in [5.41, 5.74) is 3.11. The van der Waals surface area contributed by atoms with Crippen LogP contribution >= 0.6 is 0 Å². The third-order valence-electron chi connectivity index (χ3n) is 4.66. The Kier molecular flexibility index (Phi) is 7.59. The Labute approximate surface area is 187 Å². The lowest BCUT2D eigenvalue weighted by molar-refractivity contribution is 0.0523. The summed E-state index contributed by atoms with van der Waals surface area (Å²) in [5, 5.41) is 0. The van der Waals surface area contributed by atoms with Crippen LogP contribution in [0.1, 0.15) is 41.2 Å². The number of esters is 1. The van der Waals surface area contributed by atoms with Gasteiger partial charge in [-0.25, -0.2) is 19.7 Å². The van der Waals surface area contributed by atoms with Crippen molar-refractivity contribution < 1.29 is 23.7 Å². The van der Waals surface area contributed by atoms with Crippen LogP contribution in [0.3, 0.4) is 0 Å². The number of methoxy groups -OCH3 is 1. The van der Waals surface area contributed by atoms with E-state index in [2.05, 4.69) is 15.0 Å². The summed E-state index contributed by atoms with van der Waals surface area (Å²) >= 11 is 0. The van der Waals surface area contributed by atoms with Gasteiger partial charge in [-0.3, -0.25) is 0 Å². The molecule has 168 valence electrons. The molecule has 0 spiro atoms. The van der Waals surface area contributed by atoms with Crippen molar-refractivity contribution in [2.24, 2.45) is 0 Å². The predicted molar refractivity (Wildman–Crippen MR) is 119 cm³/mol. The van der Waals surface area contributed by atoms with E-state index in [0.717, 1.165) is 11.3 Å². The third kappa shape index (κ3) is 5.32. The van der Waals surface area contributed by atoms with E-state index < -0.39 is 5.97 Å². The highest BCUT2D eigenvalue weighted by atomic mass is 16.5. The average Bonchev–Trinajstić information content (AvgIpc) is 2.78. The van der Waals surface area contributed by atoms with Crippen molar-refractivity contribution in [3.8, 4) is 28.8 Å². The Balaban J connectivity index is 1.85. The van der Waals surface area contributed by atoms with Gasteiger partial charge in [0.15, 0.2) is 11.6 Å². The van der Waals surface area contributed by atoms with E-state index in [4.69, 9.17) is 18.9 Å². The fraction of sp³-hybridized carbons (Fsp3) is 0.333. The number of nitrogens with zero attached hydrogens (tertiary/aromatic N) is 3. The summed E-state index contributed by atoms with van der Waals surface area (Å²) in [6.07, 6.45) is 1.63. The van der Waals surface area contributed by atoms with Crippen LogP contribution in [0.15, 0.2) is 36.5 Å². The third-order valence-corrected chi connectivity index (χ3v) is 4.66. The smallest absolute Gasteiger partial charge is 0.341 e. The first kappa shape index (κ1) is 23.0. The van der Waals surface area contributed by atoms with E-state index in [-0.39, 0.29) is 0 Å². The SMILES string of the molecule is CCOC(=O)c1c(C)nc(-c2cnc(OCc3ccc(OC)cc3)c(OCC)c2)nc1C. The van der Waals surface area contributed by atoms with Crippen LogP contribution in [0.4, 0.5) is 0 Å². The lowest BCUT2D eigenvalue weighted by Crippen LogP contribution is -2.12. The van der Waals surface area contributed by atoms with E-state index in [0.29, 0.717) is 59.8 Å². The molecule has 3 rings (SSSR count). The highest BCUT2D eigenvalue weighted by Crippen LogP contribution is 2.30. The van der Waals surface area contributed by atoms with Crippen LogP contribution in [0.25, 0.3) is 11.4 Å². The van der Waals surface area contributed by atoms with Crippen molar-refractivity contribution in [2.75, 3.05) is 20.3 Å². The second-order valence-corrected chi connectivity index (χ2v) is 6.91. The zero-order valence-corrected chi connectivity index (χ0v) is 19.0. The highest BCUT2D eigenvalue weighted by molar-refractivity contribution is 5.91. The monoisotopic (exact) mass is 437 g/mol. The van der Waals surface area contributed by atoms with Crippen LogP contribution < -0.4 is 14.2 Å². The van der Waals surface area contributed by atoms with Gasteiger partial charge in [-0.15, -0.1) is 0 Å². The normalized spacial score (nSPS) is 10.5. The molecule has 0 unspecified atom stereocenters. The number of rotatable bonds is 9. The molecular formula is C24H27N3O5. The van der Waals surface area contributed by atoms with Gasteiger partial charge in [-0.1, -0.05) is 12.1 Å². The molecule has 0 amide bonds. The van der Waals surface area contributed by atoms with Crippen molar-refractivity contribution in [2.45, 2.75) is 34.3 Å². The number of ether oxygens (including phenoxy) is 4. The predicted octanol–water partition coefficient (Wildman–Crippen LogP) is 4.32. The number of hydrogen-bond acceptors (Lipinski definition) is 8. The van der Waals surface area contributed by atoms with Crippen molar-refractivity contribution >= 4 is 5.97 Å². The minimum absolute atomic E-state index is 0.291. The average molecular weight is 437 g/mol. The summed E-state index contributed by atoms with van der Waals surface area (Å²) < 4.78 is 21.9. The first-order valence-electron chi connectivity index (χ1n) is 10.4. The van der Waals surface area contributed by atoms with Gasteiger partial charge in [0.1, 0.15) is 17.9 Å². The largest absolute Gasteiger partial charge is 0.497 e. The van der Waals surface area contributed by atoms with Crippen LogP contribution in [0, 0.1) is 13.8 Å². The van der Waals surface area contributed by atoms with Crippen molar-refractivity contribution in [3.05, 3.63) is 59.0 Å². The number of carbonyl (C=O) groups excluding carboxylic acids is 1. The molecule has 0 aliphatic heterocycles. The Bertz CT molecular complexity index is 1060. The summed E-state index contributed by atoms with van der Waals surface area (Å²) in [7, 11) is 1.63. The molecule has 0 aliphatic carbocycles.